The fourth-order valence-corrected chi connectivity index (χ4v) is 3.81. The van der Waals surface area contributed by atoms with Crippen molar-refractivity contribution in [3.8, 4) is 0 Å². The van der Waals surface area contributed by atoms with Crippen LogP contribution in [0.25, 0.3) is 0 Å². The van der Waals surface area contributed by atoms with E-state index in [9.17, 15) is 12.8 Å². The lowest BCUT2D eigenvalue weighted by atomic mass is 10.1. The van der Waals surface area contributed by atoms with Gasteiger partial charge >= 0.3 is 0 Å². The van der Waals surface area contributed by atoms with E-state index < -0.39 is 15.8 Å². The molecule has 1 aromatic rings. The van der Waals surface area contributed by atoms with Gasteiger partial charge in [-0.25, -0.2) is 17.5 Å². The van der Waals surface area contributed by atoms with E-state index in [1.54, 1.807) is 0 Å². The number of benzene rings is 1. The smallest absolute Gasteiger partial charge is 0.242 e. The van der Waals surface area contributed by atoms with Crippen LogP contribution in [-0.2, 0) is 10.0 Å². The van der Waals surface area contributed by atoms with Gasteiger partial charge in [0.25, 0.3) is 0 Å². The summed E-state index contributed by atoms with van der Waals surface area (Å²) in [7, 11) is -3.79. The molecule has 7 heteroatoms. The minimum atomic E-state index is -3.79. The summed E-state index contributed by atoms with van der Waals surface area (Å²) in [5.74, 6) is -0.720. The molecule has 0 amide bonds. The van der Waals surface area contributed by atoms with Crippen molar-refractivity contribution in [2.75, 3.05) is 25.4 Å². The predicted molar refractivity (Wildman–Crippen MR) is 80.9 cm³/mol. The summed E-state index contributed by atoms with van der Waals surface area (Å²) in [5.41, 5.74) is 5.18. The van der Waals surface area contributed by atoms with Crippen molar-refractivity contribution in [1.29, 1.82) is 0 Å². The molecular weight excluding hydrogens is 293 g/mol. The maximum Gasteiger partial charge on any atom is 0.242 e. The average Bonchev–Trinajstić information content (AvgIpc) is 2.48. The molecule has 3 N–H and O–H groups in total. The molecule has 2 rings (SSSR count). The molecule has 1 fully saturated rings. The molecule has 1 unspecified atom stereocenters. The van der Waals surface area contributed by atoms with E-state index in [-0.39, 0.29) is 23.2 Å². The Balaban J connectivity index is 2.02. The highest BCUT2D eigenvalue weighted by Gasteiger charge is 2.22. The molecular formula is C14H22FN3O2S. The molecule has 1 atom stereocenters. The van der Waals surface area contributed by atoms with Gasteiger partial charge in [-0.2, -0.15) is 0 Å². The molecule has 1 aliphatic heterocycles. The number of piperidine rings is 1. The fourth-order valence-electron chi connectivity index (χ4n) is 2.55. The van der Waals surface area contributed by atoms with Crippen LogP contribution in [0, 0.1) is 5.82 Å². The number of para-hydroxylation sites is 1. The zero-order chi connectivity index (χ0) is 15.5. The van der Waals surface area contributed by atoms with Gasteiger partial charge in [-0.15, -0.1) is 0 Å². The van der Waals surface area contributed by atoms with Crippen molar-refractivity contribution in [2.24, 2.45) is 0 Å². The van der Waals surface area contributed by atoms with Gasteiger partial charge < -0.3 is 5.73 Å². The maximum absolute atomic E-state index is 13.4. The number of likely N-dealkylation sites (tertiary alicyclic amines) is 1. The summed E-state index contributed by atoms with van der Waals surface area (Å²) >= 11 is 0. The number of hydrogen-bond donors (Lipinski definition) is 2. The van der Waals surface area contributed by atoms with Gasteiger partial charge in [0.2, 0.25) is 10.0 Å². The SMILES string of the molecule is CC(CNS(=O)(=O)c1cccc(F)c1N)N1CCCCC1. The van der Waals surface area contributed by atoms with E-state index in [0.717, 1.165) is 32.0 Å². The van der Waals surface area contributed by atoms with Crippen molar-refractivity contribution in [3.63, 3.8) is 0 Å². The lowest BCUT2D eigenvalue weighted by molar-refractivity contribution is 0.175. The first-order valence-corrected chi connectivity index (χ1v) is 8.68. The lowest BCUT2D eigenvalue weighted by Gasteiger charge is -2.32. The van der Waals surface area contributed by atoms with Gasteiger partial charge in [-0.3, -0.25) is 4.90 Å². The van der Waals surface area contributed by atoms with Crippen LogP contribution in [-0.4, -0.2) is 39.0 Å². The number of nitrogen functional groups attached to an aromatic ring is 1. The largest absolute Gasteiger partial charge is 0.395 e. The van der Waals surface area contributed by atoms with Gasteiger partial charge in [-0.1, -0.05) is 12.5 Å². The Morgan fingerprint density at radius 2 is 2.00 bits per heavy atom. The second-order valence-corrected chi connectivity index (χ2v) is 7.18. The number of sulfonamides is 1. The molecule has 118 valence electrons. The molecule has 1 aromatic carbocycles. The zero-order valence-electron chi connectivity index (χ0n) is 12.2. The number of nitrogens with two attached hydrogens (primary N) is 1. The topological polar surface area (TPSA) is 75.4 Å². The Hall–Kier alpha value is -1.18. The summed E-state index contributed by atoms with van der Waals surface area (Å²) in [5, 5.41) is 0. The van der Waals surface area contributed by atoms with Crippen molar-refractivity contribution in [2.45, 2.75) is 37.1 Å². The fraction of sp³-hybridized carbons (Fsp3) is 0.571. The van der Waals surface area contributed by atoms with Gasteiger partial charge in [0, 0.05) is 12.6 Å². The van der Waals surface area contributed by atoms with E-state index in [0.29, 0.717) is 0 Å². The number of halogens is 1. The molecule has 0 aromatic heterocycles. The van der Waals surface area contributed by atoms with Crippen LogP contribution in [0.1, 0.15) is 26.2 Å². The molecule has 1 aliphatic rings. The second-order valence-electron chi connectivity index (χ2n) is 5.45. The molecule has 5 nitrogen and oxygen atoms in total. The summed E-state index contributed by atoms with van der Waals surface area (Å²) in [4.78, 5) is 2.06. The first-order chi connectivity index (χ1) is 9.92. The molecule has 0 aliphatic carbocycles. The first-order valence-electron chi connectivity index (χ1n) is 7.19. The van der Waals surface area contributed by atoms with Crippen LogP contribution < -0.4 is 10.5 Å². The van der Waals surface area contributed by atoms with Gasteiger partial charge in [0.15, 0.2) is 0 Å². The van der Waals surface area contributed by atoms with E-state index in [2.05, 4.69) is 9.62 Å². The third-order valence-electron chi connectivity index (χ3n) is 3.89. The Morgan fingerprint density at radius 1 is 1.33 bits per heavy atom. The minimum Gasteiger partial charge on any atom is -0.395 e. The van der Waals surface area contributed by atoms with Crippen molar-refractivity contribution < 1.29 is 12.8 Å². The minimum absolute atomic E-state index is 0.106. The van der Waals surface area contributed by atoms with Crippen LogP contribution in [0.5, 0.6) is 0 Å². The molecule has 1 saturated heterocycles. The van der Waals surface area contributed by atoms with Crippen molar-refractivity contribution in [3.05, 3.63) is 24.0 Å². The number of hydrogen-bond acceptors (Lipinski definition) is 4. The standard InChI is InChI=1S/C14H22FN3O2S/c1-11(18-8-3-2-4-9-18)10-17-21(19,20)13-7-5-6-12(15)14(13)16/h5-7,11,17H,2-4,8-10,16H2,1H3. The monoisotopic (exact) mass is 315 g/mol. The third kappa shape index (κ3) is 3.93. The molecule has 0 radical (unpaired) electrons. The summed E-state index contributed by atoms with van der Waals surface area (Å²) < 4.78 is 40.3. The number of nitrogens with one attached hydrogen (secondary N) is 1. The van der Waals surface area contributed by atoms with Crippen LogP contribution in [0.15, 0.2) is 23.1 Å². The highest BCUT2D eigenvalue weighted by molar-refractivity contribution is 7.89. The highest BCUT2D eigenvalue weighted by atomic mass is 32.2. The number of anilines is 1. The lowest BCUT2D eigenvalue weighted by Crippen LogP contribution is -2.44. The van der Waals surface area contributed by atoms with Crippen LogP contribution in [0.4, 0.5) is 10.1 Å². The Kier molecular flexibility index (Phi) is 5.18. The van der Waals surface area contributed by atoms with Crippen molar-refractivity contribution in [1.82, 2.24) is 9.62 Å². The molecule has 21 heavy (non-hydrogen) atoms. The number of nitrogens with zero attached hydrogens (tertiary/aromatic N) is 1. The maximum atomic E-state index is 13.4. The Bertz CT molecular complexity index is 586. The molecule has 0 bridgehead atoms. The van der Waals surface area contributed by atoms with E-state index in [1.165, 1.54) is 18.6 Å². The first kappa shape index (κ1) is 16.2. The normalized spacial score (nSPS) is 18.6. The number of rotatable bonds is 5. The second kappa shape index (κ2) is 6.72. The molecule has 0 saturated carbocycles. The summed E-state index contributed by atoms with van der Waals surface area (Å²) in [6.45, 7) is 4.26. The molecule has 1 heterocycles. The van der Waals surface area contributed by atoms with Gasteiger partial charge in [0.1, 0.15) is 10.7 Å². The van der Waals surface area contributed by atoms with E-state index in [1.807, 2.05) is 6.92 Å². The van der Waals surface area contributed by atoms with Gasteiger partial charge in [-0.05, 0) is 45.0 Å². The highest BCUT2D eigenvalue weighted by Crippen LogP contribution is 2.21. The van der Waals surface area contributed by atoms with Crippen molar-refractivity contribution >= 4 is 15.7 Å². The Labute approximate surface area is 125 Å². The Morgan fingerprint density at radius 3 is 2.67 bits per heavy atom. The molecule has 0 spiro atoms. The summed E-state index contributed by atoms with van der Waals surface area (Å²) in [6.07, 6.45) is 3.52. The summed E-state index contributed by atoms with van der Waals surface area (Å²) in [6, 6.07) is 3.90. The van der Waals surface area contributed by atoms with E-state index in [4.69, 9.17) is 5.73 Å². The van der Waals surface area contributed by atoms with Gasteiger partial charge in [0.05, 0.1) is 5.69 Å². The third-order valence-corrected chi connectivity index (χ3v) is 5.37. The zero-order valence-corrected chi connectivity index (χ0v) is 13.0. The average molecular weight is 315 g/mol. The predicted octanol–water partition coefficient (Wildman–Crippen LogP) is 1.56. The van der Waals surface area contributed by atoms with Crippen LogP contribution in [0.2, 0.25) is 0 Å². The van der Waals surface area contributed by atoms with E-state index >= 15 is 0 Å². The van der Waals surface area contributed by atoms with Crippen LogP contribution >= 0.6 is 0 Å². The van der Waals surface area contributed by atoms with Crippen LogP contribution in [0.3, 0.4) is 0 Å². The quantitative estimate of drug-likeness (QED) is 0.809.